The van der Waals surface area contributed by atoms with Gasteiger partial charge in [0.1, 0.15) is 12.1 Å². The molecule has 0 heterocycles. The highest BCUT2D eigenvalue weighted by Gasteiger charge is 2.28. The first-order chi connectivity index (χ1) is 13.5. The summed E-state index contributed by atoms with van der Waals surface area (Å²) in [6.07, 6.45) is -2.85. The van der Waals surface area contributed by atoms with E-state index in [1.54, 1.807) is 0 Å². The number of aliphatic hydroxyl groups excluding tert-OH is 1. The zero-order valence-electron chi connectivity index (χ0n) is 15.9. The number of carbonyl (C=O) groups excluding carboxylic acids is 2. The number of carbonyl (C=O) groups is 5. The van der Waals surface area contributed by atoms with E-state index < -0.39 is 73.4 Å². The largest absolute Gasteiger partial charge is 0.481 e. The van der Waals surface area contributed by atoms with E-state index in [0.717, 1.165) is 0 Å². The average molecular weight is 421 g/mol. The minimum Gasteiger partial charge on any atom is -0.481 e. The summed E-state index contributed by atoms with van der Waals surface area (Å²) in [5.41, 5.74) is 5.67. The lowest BCUT2D eigenvalue weighted by atomic mass is 10.1. The molecule has 4 unspecified atom stereocenters. The van der Waals surface area contributed by atoms with Gasteiger partial charge in [0.2, 0.25) is 11.8 Å². The maximum absolute atomic E-state index is 12.4. The zero-order chi connectivity index (χ0) is 22.6. The van der Waals surface area contributed by atoms with Crippen molar-refractivity contribution in [2.45, 2.75) is 62.9 Å². The van der Waals surface area contributed by atoms with Crippen molar-refractivity contribution in [2.24, 2.45) is 5.73 Å². The number of hydrogen-bond acceptors (Lipinski definition) is 8. The maximum atomic E-state index is 12.4. The Bertz CT molecular complexity index is 597. The Balaban J connectivity index is 5.05. The molecule has 166 valence electrons. The monoisotopic (exact) mass is 421 g/mol. The lowest BCUT2D eigenvalue weighted by molar-refractivity contribution is -0.144. The molecule has 13 heteroatoms. The van der Waals surface area contributed by atoms with Crippen molar-refractivity contribution >= 4 is 29.7 Å². The number of aliphatic hydroxyl groups is 1. The van der Waals surface area contributed by atoms with Crippen LogP contribution in [0.4, 0.5) is 0 Å². The summed E-state index contributed by atoms with van der Waals surface area (Å²) in [5, 5.41) is 40.2. The van der Waals surface area contributed by atoms with Crippen LogP contribution in [0, 0.1) is 0 Å². The number of carboxylic acid groups (broad SMARTS) is 3. The Morgan fingerprint density at radius 2 is 1.31 bits per heavy atom. The van der Waals surface area contributed by atoms with E-state index in [4.69, 9.17) is 21.1 Å². The Morgan fingerprint density at radius 1 is 0.828 bits per heavy atom. The fourth-order valence-electron chi connectivity index (χ4n) is 2.18. The molecule has 8 N–H and O–H groups in total. The lowest BCUT2D eigenvalue weighted by Crippen LogP contribution is -2.54. The SMILES string of the molecule is COC(O)CCC(N)C(=O)NC(CCC(=O)O)C(=O)NC(CCC(=O)O)C(=O)O. The standard InChI is InChI=1S/C16H27N3O10/c1-29-13(24)7-2-8(17)14(25)18-9(3-5-11(20)21)15(26)19-10(16(27)28)4-6-12(22)23/h8-10,13,24H,2-7,17H2,1H3,(H,18,25)(H,19,26)(H,20,21)(H,22,23)(H,27,28). The van der Waals surface area contributed by atoms with Crippen LogP contribution in [0.1, 0.15) is 38.5 Å². The fourth-order valence-corrected chi connectivity index (χ4v) is 2.18. The highest BCUT2D eigenvalue weighted by atomic mass is 16.6. The van der Waals surface area contributed by atoms with E-state index in [-0.39, 0.29) is 19.3 Å². The van der Waals surface area contributed by atoms with Crippen molar-refractivity contribution in [3.8, 4) is 0 Å². The maximum Gasteiger partial charge on any atom is 0.326 e. The molecule has 0 aromatic heterocycles. The molecule has 2 amide bonds. The molecule has 0 spiro atoms. The number of aliphatic carboxylic acids is 3. The Hall–Kier alpha value is -2.77. The number of amides is 2. The van der Waals surface area contributed by atoms with Gasteiger partial charge in [-0.3, -0.25) is 19.2 Å². The number of carboxylic acids is 3. The van der Waals surface area contributed by atoms with Gasteiger partial charge in [-0.2, -0.15) is 0 Å². The van der Waals surface area contributed by atoms with Gasteiger partial charge in [-0.25, -0.2) is 4.79 Å². The van der Waals surface area contributed by atoms with Crippen molar-refractivity contribution in [3.05, 3.63) is 0 Å². The minimum absolute atomic E-state index is 0.00444. The Morgan fingerprint density at radius 3 is 1.76 bits per heavy atom. The van der Waals surface area contributed by atoms with Crippen LogP contribution in [-0.4, -0.2) is 81.7 Å². The smallest absolute Gasteiger partial charge is 0.326 e. The summed E-state index contributed by atoms with van der Waals surface area (Å²) in [6.45, 7) is 0. The first-order valence-corrected chi connectivity index (χ1v) is 8.71. The van der Waals surface area contributed by atoms with Crippen LogP contribution in [0.25, 0.3) is 0 Å². The summed E-state index contributed by atoms with van der Waals surface area (Å²) in [5.74, 6) is -5.78. The Kier molecular flexibility index (Phi) is 12.1. The molecule has 0 rings (SSSR count). The van der Waals surface area contributed by atoms with E-state index in [2.05, 4.69) is 15.4 Å². The number of nitrogens with one attached hydrogen (secondary N) is 2. The number of nitrogens with two attached hydrogens (primary N) is 1. The highest BCUT2D eigenvalue weighted by Crippen LogP contribution is 2.05. The van der Waals surface area contributed by atoms with Gasteiger partial charge in [0, 0.05) is 26.4 Å². The number of methoxy groups -OCH3 is 1. The first kappa shape index (κ1) is 26.2. The summed E-state index contributed by atoms with van der Waals surface area (Å²) in [7, 11) is 1.26. The van der Waals surface area contributed by atoms with E-state index in [9.17, 15) is 29.1 Å². The molecule has 0 saturated heterocycles. The molecule has 29 heavy (non-hydrogen) atoms. The van der Waals surface area contributed by atoms with Crippen molar-refractivity contribution < 1.29 is 49.1 Å². The van der Waals surface area contributed by atoms with Gasteiger partial charge in [-0.1, -0.05) is 0 Å². The van der Waals surface area contributed by atoms with E-state index >= 15 is 0 Å². The van der Waals surface area contributed by atoms with Gasteiger partial charge in [-0.05, 0) is 19.3 Å². The molecule has 0 aliphatic rings. The van der Waals surface area contributed by atoms with Crippen LogP contribution in [0.3, 0.4) is 0 Å². The number of ether oxygens (including phenoxy) is 1. The van der Waals surface area contributed by atoms with Crippen LogP contribution in [0.15, 0.2) is 0 Å². The predicted octanol–water partition coefficient (Wildman–Crippen LogP) is -2.16. The van der Waals surface area contributed by atoms with Crippen molar-refractivity contribution in [1.29, 1.82) is 0 Å². The first-order valence-electron chi connectivity index (χ1n) is 8.71. The van der Waals surface area contributed by atoms with Crippen LogP contribution >= 0.6 is 0 Å². The predicted molar refractivity (Wildman–Crippen MR) is 95.5 cm³/mol. The number of rotatable bonds is 15. The number of hydrogen-bond donors (Lipinski definition) is 7. The molecule has 0 bridgehead atoms. The van der Waals surface area contributed by atoms with Gasteiger partial charge in [0.05, 0.1) is 6.04 Å². The van der Waals surface area contributed by atoms with Crippen molar-refractivity contribution in [2.75, 3.05) is 7.11 Å². The van der Waals surface area contributed by atoms with Crippen LogP contribution in [0.2, 0.25) is 0 Å². The van der Waals surface area contributed by atoms with Crippen molar-refractivity contribution in [3.63, 3.8) is 0 Å². The lowest BCUT2D eigenvalue weighted by Gasteiger charge is -2.22. The zero-order valence-corrected chi connectivity index (χ0v) is 15.9. The van der Waals surface area contributed by atoms with E-state index in [1.807, 2.05) is 0 Å². The van der Waals surface area contributed by atoms with Gasteiger partial charge in [-0.15, -0.1) is 0 Å². The normalized spacial score (nSPS) is 14.9. The van der Waals surface area contributed by atoms with Gasteiger partial charge in [0.25, 0.3) is 0 Å². The third-order valence-corrected chi connectivity index (χ3v) is 3.87. The molecule has 0 aromatic carbocycles. The van der Waals surface area contributed by atoms with E-state index in [1.165, 1.54) is 7.11 Å². The average Bonchev–Trinajstić information content (AvgIpc) is 2.64. The van der Waals surface area contributed by atoms with Gasteiger partial charge < -0.3 is 41.5 Å². The topological polar surface area (TPSA) is 226 Å². The quantitative estimate of drug-likeness (QED) is 0.141. The second-order valence-corrected chi connectivity index (χ2v) is 6.20. The van der Waals surface area contributed by atoms with Crippen LogP contribution < -0.4 is 16.4 Å². The molecular formula is C16H27N3O10. The molecule has 0 saturated carbocycles. The second kappa shape index (κ2) is 13.4. The molecule has 0 aromatic rings. The fraction of sp³-hybridized carbons (Fsp3) is 0.688. The highest BCUT2D eigenvalue weighted by molar-refractivity contribution is 5.92. The molecule has 4 atom stereocenters. The summed E-state index contributed by atoms with van der Waals surface area (Å²) >= 11 is 0. The summed E-state index contributed by atoms with van der Waals surface area (Å²) in [6, 6.07) is -4.07. The van der Waals surface area contributed by atoms with Gasteiger partial charge in [0.15, 0.2) is 6.29 Å². The molecule has 0 fully saturated rings. The second-order valence-electron chi connectivity index (χ2n) is 6.20. The summed E-state index contributed by atoms with van der Waals surface area (Å²) < 4.78 is 4.61. The van der Waals surface area contributed by atoms with Crippen molar-refractivity contribution in [1.82, 2.24) is 10.6 Å². The molecule has 0 aliphatic heterocycles. The third-order valence-electron chi connectivity index (χ3n) is 3.87. The van der Waals surface area contributed by atoms with Gasteiger partial charge >= 0.3 is 17.9 Å². The van der Waals surface area contributed by atoms with Crippen LogP contribution in [0.5, 0.6) is 0 Å². The molecule has 13 nitrogen and oxygen atoms in total. The summed E-state index contributed by atoms with van der Waals surface area (Å²) in [4.78, 5) is 57.1. The van der Waals surface area contributed by atoms with Crippen LogP contribution in [-0.2, 0) is 28.7 Å². The molecule has 0 radical (unpaired) electrons. The molecule has 0 aliphatic carbocycles. The van der Waals surface area contributed by atoms with E-state index in [0.29, 0.717) is 0 Å². The third kappa shape index (κ3) is 11.6. The minimum atomic E-state index is -1.53. The molecular weight excluding hydrogens is 394 g/mol. The Labute approximate surface area is 166 Å².